The lowest BCUT2D eigenvalue weighted by atomic mass is 9.78. The summed E-state index contributed by atoms with van der Waals surface area (Å²) in [5.41, 5.74) is 4.14. The average molecular weight is 431 g/mol. The number of hydrogen-bond donors (Lipinski definition) is 0. The molecule has 32 heavy (non-hydrogen) atoms. The minimum atomic E-state index is 0.536. The Balaban J connectivity index is 1.40. The molecule has 0 unspecified atom stereocenters. The first-order chi connectivity index (χ1) is 15.8. The second-order valence-electron chi connectivity index (χ2n) is 9.45. The number of benzene rings is 2. The van der Waals surface area contributed by atoms with E-state index in [1.807, 2.05) is 12.1 Å². The monoisotopic (exact) mass is 430 g/mol. The molecule has 1 aliphatic carbocycles. The topological polar surface area (TPSA) is 9.23 Å². The minimum Gasteiger partial charge on any atom is -0.494 e. The number of ether oxygens (including phenoxy) is 1. The molecule has 2 aromatic carbocycles. The molecule has 1 fully saturated rings. The van der Waals surface area contributed by atoms with Crippen molar-refractivity contribution in [3.8, 4) is 17.6 Å². The molecule has 172 valence electrons. The summed E-state index contributed by atoms with van der Waals surface area (Å²) < 4.78 is 5.74. The second-order valence-corrected chi connectivity index (χ2v) is 9.45. The van der Waals surface area contributed by atoms with E-state index in [0.29, 0.717) is 11.8 Å². The van der Waals surface area contributed by atoms with Crippen LogP contribution in [0.2, 0.25) is 0 Å². The molecule has 3 rings (SSSR count). The van der Waals surface area contributed by atoms with E-state index in [0.717, 1.165) is 30.8 Å². The van der Waals surface area contributed by atoms with E-state index < -0.39 is 0 Å². The fraction of sp³-hybridized carbons (Fsp3) is 0.548. The van der Waals surface area contributed by atoms with Crippen molar-refractivity contribution in [3.63, 3.8) is 0 Å². The van der Waals surface area contributed by atoms with Gasteiger partial charge in [0, 0.05) is 11.5 Å². The Kier molecular flexibility index (Phi) is 10.7. The molecule has 1 aliphatic rings. The maximum Gasteiger partial charge on any atom is 0.119 e. The molecule has 0 aliphatic heterocycles. The van der Waals surface area contributed by atoms with E-state index in [1.165, 1.54) is 75.3 Å². The molecule has 1 nitrogen and oxygen atoms in total. The van der Waals surface area contributed by atoms with Crippen molar-refractivity contribution in [2.75, 3.05) is 6.61 Å². The largest absolute Gasteiger partial charge is 0.494 e. The van der Waals surface area contributed by atoms with Crippen molar-refractivity contribution in [2.45, 2.75) is 96.8 Å². The molecule has 0 radical (unpaired) electrons. The number of aryl methyl sites for hydroxylation is 1. The van der Waals surface area contributed by atoms with Crippen LogP contribution in [0.15, 0.2) is 48.5 Å². The fourth-order valence-electron chi connectivity index (χ4n) is 4.61. The molecule has 0 amide bonds. The molecule has 0 atom stereocenters. The number of hydrogen-bond acceptors (Lipinski definition) is 1. The summed E-state index contributed by atoms with van der Waals surface area (Å²) in [6, 6.07) is 17.8. The normalized spacial score (nSPS) is 18.1. The van der Waals surface area contributed by atoms with Crippen LogP contribution >= 0.6 is 0 Å². The zero-order valence-electron chi connectivity index (χ0n) is 20.4. The number of rotatable bonds is 11. The summed E-state index contributed by atoms with van der Waals surface area (Å²) in [7, 11) is 0. The van der Waals surface area contributed by atoms with E-state index >= 15 is 0 Å². The van der Waals surface area contributed by atoms with E-state index in [2.05, 4.69) is 62.1 Å². The van der Waals surface area contributed by atoms with Crippen molar-refractivity contribution in [3.05, 3.63) is 65.2 Å². The van der Waals surface area contributed by atoms with Crippen LogP contribution < -0.4 is 4.74 Å². The molecule has 0 N–H and O–H groups in total. The zero-order valence-corrected chi connectivity index (χ0v) is 20.4. The predicted molar refractivity (Wildman–Crippen MR) is 137 cm³/mol. The highest BCUT2D eigenvalue weighted by atomic mass is 16.5. The van der Waals surface area contributed by atoms with Gasteiger partial charge >= 0.3 is 0 Å². The smallest absolute Gasteiger partial charge is 0.119 e. The molecule has 0 bridgehead atoms. The molecule has 0 saturated heterocycles. The Labute approximate surface area is 197 Å². The molecule has 0 heterocycles. The van der Waals surface area contributed by atoms with Gasteiger partial charge in [-0.2, -0.15) is 0 Å². The lowest BCUT2D eigenvalue weighted by molar-refractivity contribution is 0.309. The van der Waals surface area contributed by atoms with E-state index in [1.54, 1.807) is 0 Å². The summed E-state index contributed by atoms with van der Waals surface area (Å²) in [4.78, 5) is 0. The van der Waals surface area contributed by atoms with Crippen molar-refractivity contribution >= 4 is 0 Å². The van der Waals surface area contributed by atoms with Crippen molar-refractivity contribution < 1.29 is 4.74 Å². The summed E-state index contributed by atoms with van der Waals surface area (Å²) in [6.45, 7) is 5.26. The molecular weight excluding hydrogens is 388 g/mol. The lowest BCUT2D eigenvalue weighted by Gasteiger charge is -2.26. The quantitative estimate of drug-likeness (QED) is 0.256. The fourth-order valence-corrected chi connectivity index (χ4v) is 4.61. The first-order valence-electron chi connectivity index (χ1n) is 13.1. The van der Waals surface area contributed by atoms with Gasteiger partial charge in [-0.15, -0.1) is 0 Å². The molecule has 0 aromatic heterocycles. The Hall–Kier alpha value is -2.20. The lowest BCUT2D eigenvalue weighted by Crippen LogP contribution is -2.12. The van der Waals surface area contributed by atoms with Gasteiger partial charge in [0.05, 0.1) is 6.61 Å². The Morgan fingerprint density at radius 3 is 2.12 bits per heavy atom. The first kappa shape index (κ1) is 24.4. The molecule has 0 spiro atoms. The van der Waals surface area contributed by atoms with Crippen molar-refractivity contribution in [1.82, 2.24) is 0 Å². The highest BCUT2D eigenvalue weighted by molar-refractivity contribution is 5.38. The van der Waals surface area contributed by atoms with Crippen LogP contribution in [0.4, 0.5) is 0 Å². The summed E-state index contributed by atoms with van der Waals surface area (Å²) >= 11 is 0. The van der Waals surface area contributed by atoms with E-state index in [4.69, 9.17) is 4.74 Å². The molecule has 1 saturated carbocycles. The maximum atomic E-state index is 5.74. The van der Waals surface area contributed by atoms with Crippen molar-refractivity contribution in [2.24, 2.45) is 5.92 Å². The summed E-state index contributed by atoms with van der Waals surface area (Å²) in [6.07, 6.45) is 15.3. The van der Waals surface area contributed by atoms with Crippen molar-refractivity contribution in [1.29, 1.82) is 0 Å². The highest BCUT2D eigenvalue weighted by Crippen LogP contribution is 2.35. The third kappa shape index (κ3) is 8.38. The first-order valence-corrected chi connectivity index (χ1v) is 13.1. The molecule has 1 heteroatoms. The minimum absolute atomic E-state index is 0.536. The van der Waals surface area contributed by atoms with Crippen LogP contribution in [0, 0.1) is 17.8 Å². The summed E-state index contributed by atoms with van der Waals surface area (Å²) in [5, 5.41) is 0. The Morgan fingerprint density at radius 2 is 1.44 bits per heavy atom. The third-order valence-corrected chi connectivity index (χ3v) is 6.79. The van der Waals surface area contributed by atoms with Crippen LogP contribution in [-0.4, -0.2) is 6.61 Å². The van der Waals surface area contributed by atoms with Crippen LogP contribution in [-0.2, 0) is 6.42 Å². The Morgan fingerprint density at radius 1 is 0.750 bits per heavy atom. The van der Waals surface area contributed by atoms with Crippen LogP contribution in [0.25, 0.3) is 0 Å². The van der Waals surface area contributed by atoms with Gasteiger partial charge in [-0.05, 0) is 86.3 Å². The van der Waals surface area contributed by atoms with Gasteiger partial charge in [0.25, 0.3) is 0 Å². The SMILES string of the molecule is CCCCCCCc1ccc(C2CCC(C#Cc3ccc(OCCCC)cc3)CC2)cc1. The Bertz CT molecular complexity index is 814. The predicted octanol–water partition coefficient (Wildman–Crippen LogP) is 8.70. The average Bonchev–Trinajstić information content (AvgIpc) is 2.84. The van der Waals surface area contributed by atoms with Gasteiger partial charge in [0.1, 0.15) is 5.75 Å². The van der Waals surface area contributed by atoms with Gasteiger partial charge in [-0.25, -0.2) is 0 Å². The highest BCUT2D eigenvalue weighted by Gasteiger charge is 2.21. The third-order valence-electron chi connectivity index (χ3n) is 6.79. The van der Waals surface area contributed by atoms with Gasteiger partial charge in [-0.3, -0.25) is 0 Å². The van der Waals surface area contributed by atoms with Crippen LogP contribution in [0.1, 0.15) is 107 Å². The van der Waals surface area contributed by atoms with Gasteiger partial charge < -0.3 is 4.74 Å². The van der Waals surface area contributed by atoms with Crippen LogP contribution in [0.3, 0.4) is 0 Å². The van der Waals surface area contributed by atoms with Gasteiger partial charge in [0.15, 0.2) is 0 Å². The summed E-state index contributed by atoms with van der Waals surface area (Å²) in [5.74, 6) is 9.14. The van der Waals surface area contributed by atoms with Gasteiger partial charge in [-0.1, -0.05) is 82.1 Å². The zero-order chi connectivity index (χ0) is 22.4. The maximum absolute atomic E-state index is 5.74. The van der Waals surface area contributed by atoms with E-state index in [-0.39, 0.29) is 0 Å². The second kappa shape index (κ2) is 14.1. The van der Waals surface area contributed by atoms with Gasteiger partial charge in [0.2, 0.25) is 0 Å². The van der Waals surface area contributed by atoms with E-state index in [9.17, 15) is 0 Å². The molecule has 2 aromatic rings. The van der Waals surface area contributed by atoms with Crippen LogP contribution in [0.5, 0.6) is 5.75 Å². The number of unbranched alkanes of at least 4 members (excludes halogenated alkanes) is 5. The molecular formula is C31H42O. The standard InChI is InChI=1S/C31H42O/c1-3-5-7-8-9-10-26-13-19-29(20-14-26)30-21-15-27(16-22-30)11-12-28-17-23-31(24-18-28)32-25-6-4-2/h13-14,17-20,23-24,27,30H,3-10,15-16,21-22,25H2,1-2H3.